The highest BCUT2D eigenvalue weighted by molar-refractivity contribution is 5.82. The number of allylic oxidation sites excluding steroid dienone is 3. The van der Waals surface area contributed by atoms with Crippen molar-refractivity contribution in [2.45, 2.75) is 52.1 Å². The molecule has 0 saturated heterocycles. The fourth-order valence-electron chi connectivity index (χ4n) is 1.78. The highest BCUT2D eigenvalue weighted by Gasteiger charge is 2.15. The molecule has 0 fully saturated rings. The average molecular weight is 292 g/mol. The van der Waals surface area contributed by atoms with E-state index in [1.165, 1.54) is 12.5 Å². The van der Waals surface area contributed by atoms with Gasteiger partial charge in [-0.05, 0) is 32.6 Å². The fourth-order valence-corrected chi connectivity index (χ4v) is 1.78. The molecule has 1 atom stereocenters. The maximum Gasteiger partial charge on any atom is 0.331 e. The van der Waals surface area contributed by atoms with E-state index in [1.54, 1.807) is 13.2 Å². The molecule has 0 aromatic heterocycles. The Kier molecular flexibility index (Phi) is 10.4. The molecule has 0 aliphatic rings. The molecule has 0 heterocycles. The zero-order chi connectivity index (χ0) is 16.1. The number of hydrogen-bond acceptors (Lipinski definition) is 3. The van der Waals surface area contributed by atoms with Crippen molar-refractivity contribution in [2.24, 2.45) is 5.92 Å². The number of carbonyl (C=O) groups excluding carboxylic acids is 1. The summed E-state index contributed by atoms with van der Waals surface area (Å²) >= 11 is 0. The molecule has 0 saturated carbocycles. The van der Waals surface area contributed by atoms with Crippen LogP contribution < -0.4 is 0 Å². The van der Waals surface area contributed by atoms with E-state index in [0.717, 1.165) is 19.3 Å². The van der Waals surface area contributed by atoms with Gasteiger partial charge in [0.25, 0.3) is 0 Å². The summed E-state index contributed by atoms with van der Waals surface area (Å²) in [5.41, 5.74) is -0.0307. The standard InChI is InChI=1S/C18H28O3/c1-6-15-21-17(19)13-9-7-8-11-16(2)12-10-14-18(3,4)20-5/h1,7-9,13,16H,10-12,14-15H2,2-5H3/b8-7+,13-9+. The van der Waals surface area contributed by atoms with Crippen molar-refractivity contribution >= 4 is 5.97 Å². The maximum atomic E-state index is 11.1. The summed E-state index contributed by atoms with van der Waals surface area (Å²) < 4.78 is 10.1. The molecule has 1 unspecified atom stereocenters. The van der Waals surface area contributed by atoms with E-state index in [2.05, 4.69) is 32.8 Å². The van der Waals surface area contributed by atoms with E-state index in [-0.39, 0.29) is 12.2 Å². The van der Waals surface area contributed by atoms with Gasteiger partial charge in [0.1, 0.15) is 0 Å². The fraction of sp³-hybridized carbons (Fsp3) is 0.611. The third kappa shape index (κ3) is 12.0. The molecule has 0 aromatic carbocycles. The lowest BCUT2D eigenvalue weighted by Gasteiger charge is -2.23. The van der Waals surface area contributed by atoms with Gasteiger partial charge in [0.2, 0.25) is 0 Å². The van der Waals surface area contributed by atoms with Gasteiger partial charge in [-0.15, -0.1) is 6.42 Å². The largest absolute Gasteiger partial charge is 0.449 e. The van der Waals surface area contributed by atoms with Crippen LogP contribution in [0.5, 0.6) is 0 Å². The minimum absolute atomic E-state index is 0.0156. The number of esters is 1. The highest BCUT2D eigenvalue weighted by atomic mass is 16.5. The summed E-state index contributed by atoms with van der Waals surface area (Å²) in [4.78, 5) is 11.1. The summed E-state index contributed by atoms with van der Waals surface area (Å²) in [6, 6.07) is 0. The molecule has 0 rings (SSSR count). The lowest BCUT2D eigenvalue weighted by atomic mass is 9.95. The van der Waals surface area contributed by atoms with Gasteiger partial charge in [0, 0.05) is 13.2 Å². The molecule has 0 radical (unpaired) electrons. The van der Waals surface area contributed by atoms with Crippen LogP contribution in [0.1, 0.15) is 46.5 Å². The van der Waals surface area contributed by atoms with Crippen molar-refractivity contribution in [3.8, 4) is 12.3 Å². The van der Waals surface area contributed by atoms with E-state index in [1.807, 2.05) is 6.08 Å². The topological polar surface area (TPSA) is 35.5 Å². The van der Waals surface area contributed by atoms with E-state index >= 15 is 0 Å². The van der Waals surface area contributed by atoms with Crippen LogP contribution in [-0.2, 0) is 14.3 Å². The monoisotopic (exact) mass is 292 g/mol. The SMILES string of the molecule is C#CCOC(=O)/C=C/C=C/CC(C)CCCC(C)(C)OC. The molecular weight excluding hydrogens is 264 g/mol. The number of ether oxygens (including phenoxy) is 2. The van der Waals surface area contributed by atoms with Gasteiger partial charge >= 0.3 is 5.97 Å². The second-order valence-electron chi connectivity index (χ2n) is 5.80. The number of carbonyl (C=O) groups is 1. The van der Waals surface area contributed by atoms with Gasteiger partial charge in [0.05, 0.1) is 5.60 Å². The Morgan fingerprint density at radius 1 is 1.38 bits per heavy atom. The quantitative estimate of drug-likeness (QED) is 0.265. The molecule has 3 nitrogen and oxygen atoms in total. The Labute approximate surface area is 129 Å². The normalized spacial score (nSPS) is 13.5. The van der Waals surface area contributed by atoms with Crippen molar-refractivity contribution < 1.29 is 14.3 Å². The molecule has 0 aliphatic carbocycles. The Hall–Kier alpha value is -1.53. The van der Waals surface area contributed by atoms with Gasteiger partial charge in [-0.25, -0.2) is 4.79 Å². The van der Waals surface area contributed by atoms with Crippen molar-refractivity contribution in [1.29, 1.82) is 0 Å². The van der Waals surface area contributed by atoms with Crippen molar-refractivity contribution in [1.82, 2.24) is 0 Å². The Bertz CT molecular complexity index is 386. The molecule has 21 heavy (non-hydrogen) atoms. The van der Waals surface area contributed by atoms with Crippen LogP contribution in [0.2, 0.25) is 0 Å². The van der Waals surface area contributed by atoms with Crippen molar-refractivity contribution in [2.75, 3.05) is 13.7 Å². The van der Waals surface area contributed by atoms with Crippen molar-refractivity contribution in [3.05, 3.63) is 24.3 Å². The zero-order valence-electron chi connectivity index (χ0n) is 13.7. The summed E-state index contributed by atoms with van der Waals surface area (Å²) in [7, 11) is 1.76. The smallest absolute Gasteiger partial charge is 0.331 e. The molecule has 0 aromatic rings. The predicted octanol–water partition coefficient (Wildman–Crippen LogP) is 3.90. The summed E-state index contributed by atoms with van der Waals surface area (Å²) in [5.74, 6) is 2.46. The van der Waals surface area contributed by atoms with Gasteiger partial charge in [-0.1, -0.05) is 43.9 Å². The molecule has 0 N–H and O–H groups in total. The number of hydrogen-bond donors (Lipinski definition) is 0. The molecule has 3 heteroatoms. The van der Waals surface area contributed by atoms with Crippen LogP contribution in [-0.4, -0.2) is 25.3 Å². The Morgan fingerprint density at radius 3 is 2.71 bits per heavy atom. The number of terminal acetylenes is 1. The predicted molar refractivity (Wildman–Crippen MR) is 86.8 cm³/mol. The lowest BCUT2D eigenvalue weighted by molar-refractivity contribution is -0.136. The molecule has 0 spiro atoms. The second-order valence-corrected chi connectivity index (χ2v) is 5.80. The minimum Gasteiger partial charge on any atom is -0.449 e. The molecule has 118 valence electrons. The first-order valence-electron chi connectivity index (χ1n) is 7.40. The minimum atomic E-state index is -0.410. The summed E-state index contributed by atoms with van der Waals surface area (Å²) in [5, 5.41) is 0. The first-order valence-corrected chi connectivity index (χ1v) is 7.40. The Balaban J connectivity index is 3.80. The van der Waals surface area contributed by atoms with E-state index in [4.69, 9.17) is 15.9 Å². The first-order chi connectivity index (χ1) is 9.91. The van der Waals surface area contributed by atoms with Gasteiger partial charge in [-0.3, -0.25) is 0 Å². The van der Waals surface area contributed by atoms with Crippen LogP contribution in [0, 0.1) is 18.3 Å². The zero-order valence-corrected chi connectivity index (χ0v) is 13.7. The molecule has 0 bridgehead atoms. The van der Waals surface area contributed by atoms with Crippen LogP contribution in [0.4, 0.5) is 0 Å². The second kappa shape index (κ2) is 11.2. The van der Waals surface area contributed by atoms with Crippen LogP contribution in [0.15, 0.2) is 24.3 Å². The third-order valence-corrected chi connectivity index (χ3v) is 3.34. The average Bonchev–Trinajstić information content (AvgIpc) is 2.44. The van der Waals surface area contributed by atoms with Gasteiger partial charge in [0.15, 0.2) is 6.61 Å². The lowest BCUT2D eigenvalue weighted by Crippen LogP contribution is -2.22. The summed E-state index contributed by atoms with van der Waals surface area (Å²) in [6.45, 7) is 6.47. The Morgan fingerprint density at radius 2 is 2.10 bits per heavy atom. The molecule has 0 aliphatic heterocycles. The third-order valence-electron chi connectivity index (χ3n) is 3.34. The van der Waals surface area contributed by atoms with Crippen LogP contribution in [0.3, 0.4) is 0 Å². The molecular formula is C18H28O3. The number of methoxy groups -OCH3 is 1. The van der Waals surface area contributed by atoms with Crippen molar-refractivity contribution in [3.63, 3.8) is 0 Å². The van der Waals surface area contributed by atoms with Crippen LogP contribution in [0.25, 0.3) is 0 Å². The molecule has 0 amide bonds. The van der Waals surface area contributed by atoms with Crippen LogP contribution >= 0.6 is 0 Å². The maximum absolute atomic E-state index is 11.1. The summed E-state index contributed by atoms with van der Waals surface area (Å²) in [6.07, 6.45) is 16.4. The first kappa shape index (κ1) is 19.5. The van der Waals surface area contributed by atoms with E-state index in [9.17, 15) is 4.79 Å². The van der Waals surface area contributed by atoms with E-state index < -0.39 is 5.97 Å². The van der Waals surface area contributed by atoms with Gasteiger partial charge in [-0.2, -0.15) is 0 Å². The number of rotatable bonds is 10. The van der Waals surface area contributed by atoms with Gasteiger partial charge < -0.3 is 9.47 Å². The van der Waals surface area contributed by atoms with E-state index in [0.29, 0.717) is 5.92 Å². The highest BCUT2D eigenvalue weighted by Crippen LogP contribution is 2.20.